The van der Waals surface area contributed by atoms with E-state index in [9.17, 15) is 34.5 Å². The number of hydrogen-bond donors (Lipinski definition) is 3. The third kappa shape index (κ3) is 43.8. The van der Waals surface area contributed by atoms with Crippen LogP contribution >= 0.6 is 0 Å². The summed E-state index contributed by atoms with van der Waals surface area (Å²) < 4.78 is 28.4. The summed E-state index contributed by atoms with van der Waals surface area (Å²) >= 11 is 0. The second-order valence-corrected chi connectivity index (χ2v) is 20.6. The molecule has 0 aromatic carbocycles. The Labute approximate surface area is 478 Å². The molecule has 6 atom stereocenters. The molecule has 0 bridgehead atoms. The summed E-state index contributed by atoms with van der Waals surface area (Å²) in [6, 6.07) is 0. The highest BCUT2D eigenvalue weighted by Gasteiger charge is 2.50. The van der Waals surface area contributed by atoms with E-state index in [0.717, 1.165) is 135 Å². The lowest BCUT2D eigenvalue weighted by Crippen LogP contribution is -2.61. The van der Waals surface area contributed by atoms with Crippen LogP contribution in [0.3, 0.4) is 0 Å². The Morgan fingerprint density at radius 1 is 0.430 bits per heavy atom. The molecule has 79 heavy (non-hydrogen) atoms. The Bertz CT molecular complexity index is 1790. The fraction of sp³-hybridized carbons (Fsp3) is 0.672. The van der Waals surface area contributed by atoms with E-state index in [0.29, 0.717) is 19.3 Å². The topological polar surface area (TPSA) is 175 Å². The lowest BCUT2D eigenvalue weighted by Gasteiger charge is -2.40. The quantitative estimate of drug-likeness (QED) is 0.0228. The molecule has 0 radical (unpaired) electrons. The van der Waals surface area contributed by atoms with Crippen LogP contribution in [0.2, 0.25) is 0 Å². The van der Waals surface area contributed by atoms with Crippen LogP contribution in [-0.4, -0.2) is 89.2 Å². The molecule has 0 amide bonds. The van der Waals surface area contributed by atoms with Gasteiger partial charge in [0.25, 0.3) is 0 Å². The lowest BCUT2D eigenvalue weighted by molar-refractivity contribution is -0.301. The number of carbonyl (C=O) groups excluding carboxylic acids is 3. The highest BCUT2D eigenvalue weighted by Crippen LogP contribution is 2.26. The lowest BCUT2D eigenvalue weighted by atomic mass is 9.98. The van der Waals surface area contributed by atoms with Crippen molar-refractivity contribution in [3.05, 3.63) is 109 Å². The number of aliphatic hydroxyl groups excluding tert-OH is 2. The van der Waals surface area contributed by atoms with E-state index < -0.39 is 67.3 Å². The van der Waals surface area contributed by atoms with Gasteiger partial charge in [0.2, 0.25) is 0 Å². The molecule has 1 fully saturated rings. The van der Waals surface area contributed by atoms with Crippen LogP contribution in [0, 0.1) is 0 Å². The largest absolute Gasteiger partial charge is 0.479 e. The normalized spacial score (nSPS) is 18.6. The number of aliphatic hydroxyl groups is 2. The molecule has 448 valence electrons. The van der Waals surface area contributed by atoms with Crippen molar-refractivity contribution in [3.8, 4) is 0 Å². The van der Waals surface area contributed by atoms with Gasteiger partial charge in [-0.2, -0.15) is 0 Å². The molecule has 0 spiro atoms. The minimum absolute atomic E-state index is 0.0329. The van der Waals surface area contributed by atoms with E-state index in [1.807, 2.05) is 0 Å². The van der Waals surface area contributed by atoms with Crippen molar-refractivity contribution in [2.24, 2.45) is 0 Å². The van der Waals surface area contributed by atoms with Gasteiger partial charge in [0.15, 0.2) is 24.6 Å². The Kier molecular flexibility index (Phi) is 49.5. The number of rotatable bonds is 51. The first-order chi connectivity index (χ1) is 38.6. The molecule has 3 N–H and O–H groups in total. The molecule has 0 aromatic rings. The molecule has 12 heteroatoms. The van der Waals surface area contributed by atoms with Crippen molar-refractivity contribution in [1.82, 2.24) is 0 Å². The molecule has 1 saturated heterocycles. The Morgan fingerprint density at radius 3 is 1.24 bits per heavy atom. The zero-order valence-corrected chi connectivity index (χ0v) is 49.3. The molecule has 12 nitrogen and oxygen atoms in total. The molecular formula is C67H108O12. The standard InChI is InChI=1S/C67H108O12/c1-4-7-10-13-16-19-22-25-28-29-30-31-34-35-38-41-44-47-50-53-59(68)75-56-58(77-60(69)54-51-48-45-42-39-36-32-26-23-20-17-14-11-8-5-2)57-76-67-65(63(72)62(71)64(79-67)66(73)74)78-61(70)55-52-49-46-43-40-37-33-27-24-21-18-15-12-9-6-3/h8,11,16-21,25-28,30-33,39,42,58,62-65,67,71-72H,4-7,9-10,12-15,22-24,29,34-38,40-41,43-57H2,1-3H3,(H,73,74)/b11-8-,19-16-,20-17-,21-18-,28-25-,31-30-,32-26-,33-27-,42-39-. The summed E-state index contributed by atoms with van der Waals surface area (Å²) in [4.78, 5) is 51.2. The van der Waals surface area contributed by atoms with Crippen molar-refractivity contribution in [1.29, 1.82) is 0 Å². The minimum Gasteiger partial charge on any atom is -0.479 e. The molecule has 6 unspecified atom stereocenters. The fourth-order valence-electron chi connectivity index (χ4n) is 8.57. The number of carboxylic acids is 1. The van der Waals surface area contributed by atoms with Crippen LogP contribution in [0.15, 0.2) is 109 Å². The van der Waals surface area contributed by atoms with Crippen molar-refractivity contribution in [2.45, 2.75) is 276 Å². The summed E-state index contributed by atoms with van der Waals surface area (Å²) in [6.07, 6.45) is 60.5. The van der Waals surface area contributed by atoms with E-state index >= 15 is 0 Å². The monoisotopic (exact) mass is 1100 g/mol. The maximum Gasteiger partial charge on any atom is 0.335 e. The van der Waals surface area contributed by atoms with Gasteiger partial charge in [0, 0.05) is 19.3 Å². The second kappa shape index (κ2) is 54.0. The third-order valence-electron chi connectivity index (χ3n) is 13.3. The van der Waals surface area contributed by atoms with Gasteiger partial charge in [-0.15, -0.1) is 0 Å². The van der Waals surface area contributed by atoms with Crippen LogP contribution in [0.1, 0.15) is 239 Å². The van der Waals surface area contributed by atoms with Crippen LogP contribution in [0.5, 0.6) is 0 Å². The molecule has 0 aliphatic carbocycles. The van der Waals surface area contributed by atoms with E-state index in [1.165, 1.54) is 44.9 Å². The van der Waals surface area contributed by atoms with Gasteiger partial charge in [-0.3, -0.25) is 14.4 Å². The average Bonchev–Trinajstić information content (AvgIpc) is 3.46. The number of unbranched alkanes of at least 4 members (excludes halogenated alkanes) is 19. The summed E-state index contributed by atoms with van der Waals surface area (Å²) in [5.74, 6) is -3.22. The number of allylic oxidation sites excluding steroid dienone is 18. The third-order valence-corrected chi connectivity index (χ3v) is 13.3. The highest BCUT2D eigenvalue weighted by atomic mass is 16.7. The van der Waals surface area contributed by atoms with Crippen molar-refractivity contribution < 1.29 is 58.2 Å². The Balaban J connectivity index is 2.72. The summed E-state index contributed by atoms with van der Waals surface area (Å²) in [5.41, 5.74) is 0. The van der Waals surface area contributed by atoms with E-state index in [-0.39, 0.29) is 25.9 Å². The molecule has 1 rings (SSSR count). The van der Waals surface area contributed by atoms with Gasteiger partial charge in [-0.1, -0.05) is 201 Å². The first kappa shape index (κ1) is 72.4. The fourth-order valence-corrected chi connectivity index (χ4v) is 8.57. The molecular weight excluding hydrogens is 997 g/mol. The number of esters is 3. The molecule has 1 heterocycles. The van der Waals surface area contributed by atoms with Gasteiger partial charge in [0.1, 0.15) is 18.8 Å². The van der Waals surface area contributed by atoms with Crippen molar-refractivity contribution in [2.75, 3.05) is 13.2 Å². The molecule has 1 aliphatic heterocycles. The highest BCUT2D eigenvalue weighted by molar-refractivity contribution is 5.74. The van der Waals surface area contributed by atoms with E-state index in [1.54, 1.807) is 0 Å². The zero-order valence-electron chi connectivity index (χ0n) is 49.3. The Morgan fingerprint density at radius 2 is 0.797 bits per heavy atom. The van der Waals surface area contributed by atoms with Crippen molar-refractivity contribution in [3.63, 3.8) is 0 Å². The predicted octanol–water partition coefficient (Wildman–Crippen LogP) is 16.2. The van der Waals surface area contributed by atoms with E-state index in [2.05, 4.69) is 130 Å². The first-order valence-electron chi connectivity index (χ1n) is 30.9. The smallest absolute Gasteiger partial charge is 0.335 e. The molecule has 1 aliphatic rings. The van der Waals surface area contributed by atoms with Crippen molar-refractivity contribution >= 4 is 23.9 Å². The van der Waals surface area contributed by atoms with Gasteiger partial charge in [-0.05, 0) is 128 Å². The number of hydrogen-bond acceptors (Lipinski definition) is 11. The molecule has 0 aromatic heterocycles. The number of ether oxygens (including phenoxy) is 5. The average molecular weight is 1110 g/mol. The van der Waals surface area contributed by atoms with E-state index in [4.69, 9.17) is 23.7 Å². The van der Waals surface area contributed by atoms with Gasteiger partial charge < -0.3 is 39.0 Å². The van der Waals surface area contributed by atoms with Crippen LogP contribution in [-0.2, 0) is 42.9 Å². The maximum atomic E-state index is 13.2. The van der Waals surface area contributed by atoms with Gasteiger partial charge in [-0.25, -0.2) is 4.79 Å². The Hall–Kier alpha value is -4.62. The predicted molar refractivity (Wildman–Crippen MR) is 321 cm³/mol. The van der Waals surface area contributed by atoms with Gasteiger partial charge >= 0.3 is 23.9 Å². The number of aliphatic carboxylic acids is 1. The maximum absolute atomic E-state index is 13.2. The van der Waals surface area contributed by atoms with Gasteiger partial charge in [0.05, 0.1) is 6.61 Å². The van der Waals surface area contributed by atoms with Crippen LogP contribution in [0.25, 0.3) is 0 Å². The summed E-state index contributed by atoms with van der Waals surface area (Å²) in [7, 11) is 0. The second-order valence-electron chi connectivity index (χ2n) is 20.6. The summed E-state index contributed by atoms with van der Waals surface area (Å²) in [6.45, 7) is 5.77. The SMILES string of the molecule is CC/C=C\C/C=C\C/C=C\C/C=C\CCCCC(=O)OC(COC(=O)CCCCCCCC/C=C\C/C=C\C/C=C\CCCCC)COC1OC(C(=O)O)C(O)C(O)C1OC(=O)CCCCCCC/C=C\C/C=C\CCCCC. The van der Waals surface area contributed by atoms with Crippen LogP contribution < -0.4 is 0 Å². The number of carboxylic acid groups (broad SMARTS) is 1. The zero-order chi connectivity index (χ0) is 57.5. The van der Waals surface area contributed by atoms with Crippen LogP contribution in [0.4, 0.5) is 0 Å². The molecule has 0 saturated carbocycles. The number of carbonyl (C=O) groups is 4. The first-order valence-corrected chi connectivity index (χ1v) is 30.9. The summed E-state index contributed by atoms with van der Waals surface area (Å²) in [5, 5.41) is 31.5. The minimum atomic E-state index is -1.92.